The maximum atomic E-state index is 12.9. The smallest absolute Gasteiger partial charge is 0.307 e. The van der Waals surface area contributed by atoms with Gasteiger partial charge in [-0.15, -0.1) is 0 Å². The first-order valence-electron chi connectivity index (χ1n) is 5.86. The van der Waals surface area contributed by atoms with E-state index in [2.05, 4.69) is 0 Å². The summed E-state index contributed by atoms with van der Waals surface area (Å²) >= 11 is 1.17. The van der Waals surface area contributed by atoms with Gasteiger partial charge < -0.3 is 5.73 Å². The van der Waals surface area contributed by atoms with Crippen molar-refractivity contribution >= 4 is 11.3 Å². The van der Waals surface area contributed by atoms with Gasteiger partial charge >= 0.3 is 4.87 Å². The van der Waals surface area contributed by atoms with Crippen LogP contribution in [-0.2, 0) is 6.54 Å². The fraction of sp³-hybridized carbons (Fsp3) is 0.308. The number of halogens is 1. The van der Waals surface area contributed by atoms with Gasteiger partial charge in [-0.05, 0) is 49.2 Å². The Kier molecular flexibility index (Phi) is 4.28. The number of hydrogen-bond acceptors (Lipinski definition) is 3. The van der Waals surface area contributed by atoms with Crippen LogP contribution in [0.1, 0.15) is 12.8 Å². The first-order chi connectivity index (χ1) is 8.72. The fourth-order valence-electron chi connectivity index (χ4n) is 1.80. The molecule has 18 heavy (non-hydrogen) atoms. The highest BCUT2D eigenvalue weighted by Crippen LogP contribution is 2.20. The van der Waals surface area contributed by atoms with Crippen LogP contribution in [0.25, 0.3) is 11.3 Å². The van der Waals surface area contributed by atoms with Crippen molar-refractivity contribution < 1.29 is 4.39 Å². The van der Waals surface area contributed by atoms with Crippen LogP contribution in [0.4, 0.5) is 4.39 Å². The van der Waals surface area contributed by atoms with E-state index in [4.69, 9.17) is 5.73 Å². The lowest BCUT2D eigenvalue weighted by Crippen LogP contribution is -2.15. The summed E-state index contributed by atoms with van der Waals surface area (Å²) in [5, 5.41) is 1.82. The van der Waals surface area contributed by atoms with Crippen LogP contribution in [0.5, 0.6) is 0 Å². The molecule has 0 aliphatic carbocycles. The lowest BCUT2D eigenvalue weighted by Gasteiger charge is -2.07. The molecule has 0 spiro atoms. The number of unbranched alkanes of at least 4 members (excludes halogenated alkanes) is 1. The lowest BCUT2D eigenvalue weighted by atomic mass is 10.1. The first kappa shape index (κ1) is 13.0. The van der Waals surface area contributed by atoms with Crippen molar-refractivity contribution in [2.75, 3.05) is 6.54 Å². The molecule has 0 atom stereocenters. The number of nitrogens with zero attached hydrogens (tertiary/aromatic N) is 1. The Morgan fingerprint density at radius 3 is 2.61 bits per heavy atom. The minimum Gasteiger partial charge on any atom is -0.330 e. The molecule has 0 aliphatic heterocycles. The lowest BCUT2D eigenvalue weighted by molar-refractivity contribution is 0.612. The van der Waals surface area contributed by atoms with E-state index in [9.17, 15) is 9.18 Å². The second-order valence-corrected chi connectivity index (χ2v) is 4.86. The quantitative estimate of drug-likeness (QED) is 0.845. The number of rotatable bonds is 5. The molecule has 0 aliphatic rings. The summed E-state index contributed by atoms with van der Waals surface area (Å²) in [4.78, 5) is 11.8. The number of thiazole rings is 1. The van der Waals surface area contributed by atoms with E-state index in [-0.39, 0.29) is 10.7 Å². The van der Waals surface area contributed by atoms with Crippen LogP contribution in [-0.4, -0.2) is 11.1 Å². The average molecular weight is 266 g/mol. The van der Waals surface area contributed by atoms with E-state index in [1.165, 1.54) is 23.5 Å². The zero-order valence-corrected chi connectivity index (χ0v) is 10.8. The highest BCUT2D eigenvalue weighted by Gasteiger charge is 2.08. The van der Waals surface area contributed by atoms with Crippen LogP contribution in [0.2, 0.25) is 0 Å². The molecule has 0 radical (unpaired) electrons. The standard InChI is InChI=1S/C13H15FN2OS/c14-11-5-3-10(4-6-11)12-9-18-13(17)16(12)8-2-1-7-15/h3-6,9H,1-2,7-8,15H2. The average Bonchev–Trinajstić information content (AvgIpc) is 2.73. The van der Waals surface area contributed by atoms with Crippen molar-refractivity contribution in [1.82, 2.24) is 4.57 Å². The summed E-state index contributed by atoms with van der Waals surface area (Å²) in [6.07, 6.45) is 1.77. The summed E-state index contributed by atoms with van der Waals surface area (Å²) in [6.45, 7) is 1.29. The summed E-state index contributed by atoms with van der Waals surface area (Å²) in [6, 6.07) is 6.19. The molecule has 0 bridgehead atoms. The maximum absolute atomic E-state index is 12.9. The molecular formula is C13H15FN2OS. The number of benzene rings is 1. The molecule has 2 rings (SSSR count). The number of aromatic nitrogens is 1. The Morgan fingerprint density at radius 1 is 1.22 bits per heavy atom. The van der Waals surface area contributed by atoms with E-state index >= 15 is 0 Å². The van der Waals surface area contributed by atoms with E-state index in [0.717, 1.165) is 24.1 Å². The van der Waals surface area contributed by atoms with Crippen molar-refractivity contribution in [1.29, 1.82) is 0 Å². The molecule has 96 valence electrons. The third kappa shape index (κ3) is 2.86. The van der Waals surface area contributed by atoms with Gasteiger partial charge in [0.1, 0.15) is 5.82 Å². The molecule has 1 heterocycles. The third-order valence-electron chi connectivity index (χ3n) is 2.76. The molecule has 3 nitrogen and oxygen atoms in total. The zero-order valence-electron chi connectivity index (χ0n) is 9.93. The van der Waals surface area contributed by atoms with Crippen LogP contribution in [0, 0.1) is 5.82 Å². The summed E-state index contributed by atoms with van der Waals surface area (Å²) < 4.78 is 14.6. The maximum Gasteiger partial charge on any atom is 0.307 e. The van der Waals surface area contributed by atoms with E-state index < -0.39 is 0 Å². The van der Waals surface area contributed by atoms with E-state index in [0.29, 0.717) is 13.1 Å². The molecule has 0 unspecified atom stereocenters. The Morgan fingerprint density at radius 2 is 1.94 bits per heavy atom. The third-order valence-corrected chi connectivity index (χ3v) is 3.52. The summed E-state index contributed by atoms with van der Waals surface area (Å²) in [5.41, 5.74) is 7.16. The van der Waals surface area contributed by atoms with Gasteiger partial charge in [0, 0.05) is 11.9 Å². The number of nitrogens with two attached hydrogens (primary N) is 1. The number of hydrogen-bond donors (Lipinski definition) is 1. The van der Waals surface area contributed by atoms with Gasteiger partial charge in [-0.3, -0.25) is 9.36 Å². The Balaban J connectivity index is 2.27. The molecule has 0 saturated heterocycles. The van der Waals surface area contributed by atoms with Gasteiger partial charge in [0.15, 0.2) is 0 Å². The van der Waals surface area contributed by atoms with Crippen LogP contribution in [0.15, 0.2) is 34.4 Å². The first-order valence-corrected chi connectivity index (χ1v) is 6.74. The van der Waals surface area contributed by atoms with Gasteiger partial charge in [0.05, 0.1) is 5.69 Å². The molecule has 2 N–H and O–H groups in total. The molecule has 0 amide bonds. The largest absolute Gasteiger partial charge is 0.330 e. The minimum atomic E-state index is -0.272. The van der Waals surface area contributed by atoms with Crippen molar-refractivity contribution in [3.05, 3.63) is 45.1 Å². The van der Waals surface area contributed by atoms with Gasteiger partial charge in [-0.2, -0.15) is 0 Å². The Hall–Kier alpha value is -1.46. The van der Waals surface area contributed by atoms with Gasteiger partial charge in [0.25, 0.3) is 0 Å². The molecular weight excluding hydrogens is 251 g/mol. The van der Waals surface area contributed by atoms with Crippen molar-refractivity contribution in [3.63, 3.8) is 0 Å². The van der Waals surface area contributed by atoms with E-state index in [1.54, 1.807) is 16.7 Å². The molecule has 5 heteroatoms. The van der Waals surface area contributed by atoms with Crippen LogP contribution >= 0.6 is 11.3 Å². The highest BCUT2D eigenvalue weighted by atomic mass is 32.1. The van der Waals surface area contributed by atoms with E-state index in [1.807, 2.05) is 5.38 Å². The molecule has 1 aromatic carbocycles. The predicted molar refractivity (Wildman–Crippen MR) is 72.3 cm³/mol. The van der Waals surface area contributed by atoms with Crippen LogP contribution in [0.3, 0.4) is 0 Å². The molecule has 0 fully saturated rings. The fourth-order valence-corrected chi connectivity index (χ4v) is 2.59. The summed E-state index contributed by atoms with van der Waals surface area (Å²) in [7, 11) is 0. The molecule has 2 aromatic rings. The SMILES string of the molecule is NCCCCn1c(-c2ccc(F)cc2)csc1=O. The van der Waals surface area contributed by atoms with Gasteiger partial charge in [-0.25, -0.2) is 4.39 Å². The van der Waals surface area contributed by atoms with Crippen LogP contribution < -0.4 is 10.6 Å². The van der Waals surface area contributed by atoms with Crippen molar-refractivity contribution in [2.45, 2.75) is 19.4 Å². The molecule has 1 aromatic heterocycles. The van der Waals surface area contributed by atoms with Gasteiger partial charge in [-0.1, -0.05) is 11.3 Å². The summed E-state index contributed by atoms with van der Waals surface area (Å²) in [5.74, 6) is -0.272. The van der Waals surface area contributed by atoms with Crippen molar-refractivity contribution in [3.8, 4) is 11.3 Å². The predicted octanol–water partition coefficient (Wildman–Crippen LogP) is 2.45. The minimum absolute atomic E-state index is 0.0198. The van der Waals surface area contributed by atoms with Gasteiger partial charge in [0.2, 0.25) is 0 Å². The normalized spacial score (nSPS) is 10.8. The second-order valence-electron chi connectivity index (χ2n) is 4.04. The Labute approximate surface area is 109 Å². The monoisotopic (exact) mass is 266 g/mol. The van der Waals surface area contributed by atoms with Crippen molar-refractivity contribution in [2.24, 2.45) is 5.73 Å². The molecule has 0 saturated carbocycles. The second kappa shape index (κ2) is 5.93. The topological polar surface area (TPSA) is 48.0 Å². The zero-order chi connectivity index (χ0) is 13.0. The highest BCUT2D eigenvalue weighted by molar-refractivity contribution is 7.07. The Bertz CT molecular complexity index is 559.